The predicted octanol–water partition coefficient (Wildman–Crippen LogP) is 14.8. The first-order chi connectivity index (χ1) is 25.3. The fourth-order valence-electron chi connectivity index (χ4n) is 8.51. The van der Waals surface area contributed by atoms with Crippen LogP contribution in [0, 0.1) is 0 Å². The van der Waals surface area contributed by atoms with Gasteiger partial charge in [-0.25, -0.2) is 0 Å². The van der Waals surface area contributed by atoms with Crippen molar-refractivity contribution < 1.29 is 0 Å². The standard InChI is InChI=1S/C50H30S/c1-2-12-34-29-36(26-23-31(34)11-1)48-42-18-8-6-16-40(42)47(41-17-7-9-19-43(41)48)33-24-21-32(22-25-33)35-27-28-46-45(30-35)49-39-15-5-3-13-37(39)38-14-4-10-20-44(38)50(49)51-46/h1-30H. The third-order valence-electron chi connectivity index (χ3n) is 10.8. The van der Waals surface area contributed by atoms with Crippen molar-refractivity contribution >= 4 is 85.4 Å². The van der Waals surface area contributed by atoms with E-state index >= 15 is 0 Å². The van der Waals surface area contributed by atoms with Crippen molar-refractivity contribution in [3.05, 3.63) is 182 Å². The molecule has 0 amide bonds. The monoisotopic (exact) mass is 662 g/mol. The Balaban J connectivity index is 1.08. The molecule has 0 unspecified atom stereocenters. The van der Waals surface area contributed by atoms with Crippen molar-refractivity contribution in [2.45, 2.75) is 0 Å². The fraction of sp³-hybridized carbons (Fsp3) is 0. The lowest BCUT2D eigenvalue weighted by Crippen LogP contribution is -1.91. The average molecular weight is 663 g/mol. The molecule has 0 fully saturated rings. The second kappa shape index (κ2) is 11.1. The van der Waals surface area contributed by atoms with Crippen molar-refractivity contribution in [3.8, 4) is 33.4 Å². The molecule has 10 aromatic carbocycles. The lowest BCUT2D eigenvalue weighted by Gasteiger charge is -2.18. The van der Waals surface area contributed by atoms with Crippen LogP contribution in [-0.4, -0.2) is 0 Å². The molecule has 236 valence electrons. The van der Waals surface area contributed by atoms with Gasteiger partial charge in [-0.1, -0.05) is 164 Å². The predicted molar refractivity (Wildman–Crippen MR) is 223 cm³/mol. The molecule has 11 aromatic rings. The summed E-state index contributed by atoms with van der Waals surface area (Å²) < 4.78 is 2.70. The molecule has 51 heavy (non-hydrogen) atoms. The van der Waals surface area contributed by atoms with Gasteiger partial charge in [-0.15, -0.1) is 11.3 Å². The van der Waals surface area contributed by atoms with Crippen molar-refractivity contribution in [1.29, 1.82) is 0 Å². The van der Waals surface area contributed by atoms with E-state index in [0.717, 1.165) is 0 Å². The molecule has 0 saturated heterocycles. The molecular weight excluding hydrogens is 633 g/mol. The third kappa shape index (κ3) is 4.32. The van der Waals surface area contributed by atoms with Crippen LogP contribution in [0.25, 0.3) is 107 Å². The summed E-state index contributed by atoms with van der Waals surface area (Å²) in [5.41, 5.74) is 7.54. The first-order valence-corrected chi connectivity index (χ1v) is 18.4. The van der Waals surface area contributed by atoms with E-state index in [2.05, 4.69) is 182 Å². The normalized spacial score (nSPS) is 11.9. The summed E-state index contributed by atoms with van der Waals surface area (Å²) >= 11 is 1.91. The van der Waals surface area contributed by atoms with Crippen molar-refractivity contribution in [2.75, 3.05) is 0 Å². The van der Waals surface area contributed by atoms with Crippen LogP contribution in [0.4, 0.5) is 0 Å². The Morgan fingerprint density at radius 2 is 0.745 bits per heavy atom. The van der Waals surface area contributed by atoms with Crippen LogP contribution >= 0.6 is 11.3 Å². The largest absolute Gasteiger partial charge is 0.135 e. The van der Waals surface area contributed by atoms with Gasteiger partial charge in [0.15, 0.2) is 0 Å². The first kappa shape index (κ1) is 28.5. The van der Waals surface area contributed by atoms with Crippen LogP contribution in [0.3, 0.4) is 0 Å². The summed E-state index contributed by atoms with van der Waals surface area (Å²) in [5, 5.41) is 15.6. The molecule has 0 spiro atoms. The third-order valence-corrected chi connectivity index (χ3v) is 12.0. The summed E-state index contributed by atoms with van der Waals surface area (Å²) in [5.74, 6) is 0. The maximum absolute atomic E-state index is 2.41. The molecule has 1 heterocycles. The molecule has 0 aliphatic carbocycles. The Morgan fingerprint density at radius 3 is 1.41 bits per heavy atom. The summed E-state index contributed by atoms with van der Waals surface area (Å²) in [6, 6.07) is 67.4. The zero-order valence-corrected chi connectivity index (χ0v) is 28.5. The minimum Gasteiger partial charge on any atom is -0.135 e. The van der Waals surface area contributed by atoms with Gasteiger partial charge in [0, 0.05) is 25.6 Å². The molecule has 0 N–H and O–H groups in total. The molecule has 1 aromatic heterocycles. The van der Waals surface area contributed by atoms with Crippen LogP contribution in [0.1, 0.15) is 0 Å². The molecule has 0 saturated carbocycles. The van der Waals surface area contributed by atoms with E-state index in [-0.39, 0.29) is 0 Å². The van der Waals surface area contributed by atoms with Crippen LogP contribution in [0.5, 0.6) is 0 Å². The Hall–Kier alpha value is -6.28. The maximum Gasteiger partial charge on any atom is 0.0440 e. The Kier molecular flexibility index (Phi) is 6.22. The lowest BCUT2D eigenvalue weighted by molar-refractivity contribution is 1.63. The quantitative estimate of drug-likeness (QED) is 0.130. The minimum atomic E-state index is 1.23. The van der Waals surface area contributed by atoms with Crippen molar-refractivity contribution in [2.24, 2.45) is 0 Å². The molecule has 11 rings (SSSR count). The molecule has 0 atom stereocenters. The van der Waals surface area contributed by atoms with Crippen LogP contribution in [0.2, 0.25) is 0 Å². The van der Waals surface area contributed by atoms with E-state index in [0.29, 0.717) is 0 Å². The number of hydrogen-bond donors (Lipinski definition) is 0. The highest BCUT2D eigenvalue weighted by atomic mass is 32.1. The van der Waals surface area contributed by atoms with E-state index in [4.69, 9.17) is 0 Å². The van der Waals surface area contributed by atoms with Crippen LogP contribution in [-0.2, 0) is 0 Å². The molecule has 1 heteroatoms. The number of hydrogen-bond acceptors (Lipinski definition) is 1. The topological polar surface area (TPSA) is 0 Å². The summed E-state index contributed by atoms with van der Waals surface area (Å²) in [6.45, 7) is 0. The van der Waals surface area contributed by atoms with Crippen LogP contribution in [0.15, 0.2) is 182 Å². The Bertz CT molecular complexity index is 3120. The number of thiophene rings is 1. The maximum atomic E-state index is 2.41. The van der Waals surface area contributed by atoms with Crippen LogP contribution < -0.4 is 0 Å². The van der Waals surface area contributed by atoms with Gasteiger partial charge < -0.3 is 0 Å². The number of benzene rings is 10. The average Bonchev–Trinajstić information content (AvgIpc) is 3.59. The summed E-state index contributed by atoms with van der Waals surface area (Å²) in [4.78, 5) is 0. The van der Waals surface area contributed by atoms with Gasteiger partial charge in [-0.3, -0.25) is 0 Å². The highest BCUT2D eigenvalue weighted by molar-refractivity contribution is 7.27. The van der Waals surface area contributed by atoms with E-state index in [1.54, 1.807) is 0 Å². The number of fused-ring (bicyclic) bond motifs is 11. The second-order valence-electron chi connectivity index (χ2n) is 13.6. The van der Waals surface area contributed by atoms with Crippen molar-refractivity contribution in [1.82, 2.24) is 0 Å². The smallest absolute Gasteiger partial charge is 0.0440 e. The van der Waals surface area contributed by atoms with Gasteiger partial charge in [0.25, 0.3) is 0 Å². The van der Waals surface area contributed by atoms with Gasteiger partial charge in [-0.05, 0) is 100 Å². The van der Waals surface area contributed by atoms with E-state index in [9.17, 15) is 0 Å². The van der Waals surface area contributed by atoms with E-state index in [1.807, 2.05) is 11.3 Å². The van der Waals surface area contributed by atoms with Gasteiger partial charge >= 0.3 is 0 Å². The zero-order chi connectivity index (χ0) is 33.5. The first-order valence-electron chi connectivity index (χ1n) is 17.6. The Morgan fingerprint density at radius 1 is 0.275 bits per heavy atom. The molecule has 0 nitrogen and oxygen atoms in total. The van der Waals surface area contributed by atoms with Gasteiger partial charge in [0.05, 0.1) is 0 Å². The molecular formula is C50H30S. The lowest BCUT2D eigenvalue weighted by atomic mass is 9.85. The fourth-order valence-corrected chi connectivity index (χ4v) is 9.75. The number of rotatable bonds is 3. The summed E-state index contributed by atoms with van der Waals surface area (Å²) in [6.07, 6.45) is 0. The minimum absolute atomic E-state index is 1.23. The zero-order valence-electron chi connectivity index (χ0n) is 27.7. The highest BCUT2D eigenvalue weighted by Crippen LogP contribution is 2.46. The Labute approximate surface area is 299 Å². The second-order valence-corrected chi connectivity index (χ2v) is 14.6. The summed E-state index contributed by atoms with van der Waals surface area (Å²) in [7, 11) is 0. The molecule has 0 bridgehead atoms. The highest BCUT2D eigenvalue weighted by Gasteiger charge is 2.18. The molecule has 0 radical (unpaired) electrons. The van der Waals surface area contributed by atoms with Crippen molar-refractivity contribution in [3.63, 3.8) is 0 Å². The van der Waals surface area contributed by atoms with E-state index < -0.39 is 0 Å². The van der Waals surface area contributed by atoms with Gasteiger partial charge in [0.2, 0.25) is 0 Å². The van der Waals surface area contributed by atoms with Gasteiger partial charge in [0.1, 0.15) is 0 Å². The van der Waals surface area contributed by atoms with E-state index in [1.165, 1.54) is 107 Å². The SMILES string of the molecule is c1ccc2cc(-c3c4ccccc4c(-c4ccc(-c5ccc6sc7c8ccccc8c8ccccc8c7c6c5)cc4)c4ccccc34)ccc2c1. The molecule has 0 aliphatic rings. The molecule has 0 aliphatic heterocycles. The van der Waals surface area contributed by atoms with Gasteiger partial charge in [-0.2, -0.15) is 0 Å².